The highest BCUT2D eigenvalue weighted by Crippen LogP contribution is 2.39. The Bertz CT molecular complexity index is 706. The molecule has 0 atom stereocenters. The maximum Gasteiger partial charge on any atom is 0.260 e. The number of benzene rings is 1. The molecule has 0 N–H and O–H groups in total. The summed E-state index contributed by atoms with van der Waals surface area (Å²) < 4.78 is 10.8. The minimum absolute atomic E-state index is 0.0194. The summed E-state index contributed by atoms with van der Waals surface area (Å²) in [7, 11) is 0. The second-order valence-electron chi connectivity index (χ2n) is 6.00. The summed E-state index contributed by atoms with van der Waals surface area (Å²) in [6, 6.07) is 6.95. The molecule has 1 aliphatic carbocycles. The van der Waals surface area contributed by atoms with E-state index >= 15 is 0 Å². The molecule has 1 aromatic heterocycles. The average Bonchev–Trinajstić information content (AvgIpc) is 3.25. The molecule has 2 aromatic rings. The van der Waals surface area contributed by atoms with E-state index in [1.54, 1.807) is 29.2 Å². The Morgan fingerprint density at radius 1 is 1.26 bits per heavy atom. The van der Waals surface area contributed by atoms with E-state index in [9.17, 15) is 4.79 Å². The fourth-order valence-corrected chi connectivity index (χ4v) is 2.65. The Balaban J connectivity index is 1.25. The molecule has 1 saturated carbocycles. The number of nitrogens with zero attached hydrogens (tertiary/aromatic N) is 3. The first-order valence-corrected chi connectivity index (χ1v) is 8.06. The normalized spacial score (nSPS) is 17.9. The Morgan fingerprint density at radius 2 is 2.00 bits per heavy atom. The largest absolute Gasteiger partial charge is 0.484 e. The highest BCUT2D eigenvalue weighted by molar-refractivity contribution is 6.30. The van der Waals surface area contributed by atoms with Crippen LogP contribution in [-0.4, -0.2) is 40.6 Å². The van der Waals surface area contributed by atoms with E-state index in [0.29, 0.717) is 35.7 Å². The maximum atomic E-state index is 12.1. The lowest BCUT2D eigenvalue weighted by Gasteiger charge is -2.36. The van der Waals surface area contributed by atoms with Crippen LogP contribution in [0.3, 0.4) is 0 Å². The minimum Gasteiger partial charge on any atom is -0.484 e. The SMILES string of the molecule is O=C(COc1ccc(Cl)cc1)N1CC(c2nc(C3CC3)no2)C1. The molecule has 1 aliphatic heterocycles. The average molecular weight is 334 g/mol. The van der Waals surface area contributed by atoms with Crippen LogP contribution in [0.15, 0.2) is 28.8 Å². The number of aromatic nitrogens is 2. The first-order chi connectivity index (χ1) is 11.2. The number of rotatable bonds is 5. The van der Waals surface area contributed by atoms with Gasteiger partial charge in [-0.15, -0.1) is 0 Å². The van der Waals surface area contributed by atoms with Crippen LogP contribution in [0, 0.1) is 0 Å². The van der Waals surface area contributed by atoms with Gasteiger partial charge in [0.15, 0.2) is 12.4 Å². The van der Waals surface area contributed by atoms with Gasteiger partial charge in [0.2, 0.25) is 5.89 Å². The van der Waals surface area contributed by atoms with Crippen LogP contribution in [0.2, 0.25) is 5.02 Å². The van der Waals surface area contributed by atoms with Gasteiger partial charge in [0.25, 0.3) is 5.91 Å². The van der Waals surface area contributed by atoms with Gasteiger partial charge in [-0.05, 0) is 37.1 Å². The van der Waals surface area contributed by atoms with Crippen LogP contribution in [0.5, 0.6) is 5.75 Å². The number of carbonyl (C=O) groups excluding carboxylic acids is 1. The molecule has 7 heteroatoms. The molecule has 0 radical (unpaired) electrons. The third kappa shape index (κ3) is 3.17. The molecule has 0 unspecified atom stereocenters. The van der Waals surface area contributed by atoms with Crippen molar-refractivity contribution in [2.45, 2.75) is 24.7 Å². The van der Waals surface area contributed by atoms with Crippen molar-refractivity contribution in [2.24, 2.45) is 0 Å². The Labute approximate surface area is 138 Å². The third-order valence-corrected chi connectivity index (χ3v) is 4.41. The van der Waals surface area contributed by atoms with Gasteiger partial charge in [-0.3, -0.25) is 4.79 Å². The highest BCUT2D eigenvalue weighted by atomic mass is 35.5. The Hall–Kier alpha value is -2.08. The van der Waals surface area contributed by atoms with Gasteiger partial charge < -0.3 is 14.2 Å². The van der Waals surface area contributed by atoms with Crippen LogP contribution < -0.4 is 4.74 Å². The Morgan fingerprint density at radius 3 is 2.70 bits per heavy atom. The zero-order valence-electron chi connectivity index (χ0n) is 12.4. The predicted molar refractivity (Wildman–Crippen MR) is 82.5 cm³/mol. The summed E-state index contributed by atoms with van der Waals surface area (Å²) in [6.07, 6.45) is 2.30. The summed E-state index contributed by atoms with van der Waals surface area (Å²) in [4.78, 5) is 18.2. The van der Waals surface area contributed by atoms with Crippen molar-refractivity contribution in [3.05, 3.63) is 41.0 Å². The number of halogens is 1. The van der Waals surface area contributed by atoms with Gasteiger partial charge in [0.05, 0.1) is 5.92 Å². The van der Waals surface area contributed by atoms with Gasteiger partial charge in [-0.25, -0.2) is 0 Å². The first kappa shape index (κ1) is 14.5. The molecule has 1 saturated heterocycles. The fourth-order valence-electron chi connectivity index (χ4n) is 2.53. The number of hydrogen-bond donors (Lipinski definition) is 0. The van der Waals surface area contributed by atoms with Gasteiger partial charge in [0.1, 0.15) is 5.75 Å². The minimum atomic E-state index is -0.0434. The van der Waals surface area contributed by atoms with Crippen molar-refractivity contribution in [1.29, 1.82) is 0 Å². The number of carbonyl (C=O) groups is 1. The number of likely N-dealkylation sites (tertiary alicyclic amines) is 1. The molecule has 0 bridgehead atoms. The van der Waals surface area contributed by atoms with Crippen molar-refractivity contribution >= 4 is 17.5 Å². The monoisotopic (exact) mass is 333 g/mol. The topological polar surface area (TPSA) is 68.5 Å². The maximum absolute atomic E-state index is 12.1. The highest BCUT2D eigenvalue weighted by Gasteiger charge is 2.37. The third-order valence-electron chi connectivity index (χ3n) is 4.16. The molecule has 2 fully saturated rings. The van der Waals surface area contributed by atoms with E-state index in [1.807, 2.05) is 0 Å². The predicted octanol–water partition coefficient (Wildman–Crippen LogP) is 2.61. The van der Waals surface area contributed by atoms with E-state index in [-0.39, 0.29) is 18.4 Å². The fraction of sp³-hybridized carbons (Fsp3) is 0.438. The molecular weight excluding hydrogens is 318 g/mol. The van der Waals surface area contributed by atoms with E-state index in [0.717, 1.165) is 18.7 Å². The molecule has 6 nitrogen and oxygen atoms in total. The summed E-state index contributed by atoms with van der Waals surface area (Å²) >= 11 is 5.81. The molecule has 120 valence electrons. The summed E-state index contributed by atoms with van der Waals surface area (Å²) in [6.45, 7) is 1.23. The van der Waals surface area contributed by atoms with Gasteiger partial charge in [-0.2, -0.15) is 4.98 Å². The van der Waals surface area contributed by atoms with E-state index in [4.69, 9.17) is 20.9 Å². The lowest BCUT2D eigenvalue weighted by molar-refractivity contribution is -0.138. The van der Waals surface area contributed by atoms with Gasteiger partial charge >= 0.3 is 0 Å². The molecular formula is C16H16ClN3O3. The van der Waals surface area contributed by atoms with E-state index in [1.165, 1.54) is 0 Å². The van der Waals surface area contributed by atoms with Crippen molar-refractivity contribution in [1.82, 2.24) is 15.0 Å². The van der Waals surface area contributed by atoms with Crippen molar-refractivity contribution < 1.29 is 14.1 Å². The smallest absolute Gasteiger partial charge is 0.260 e. The zero-order chi connectivity index (χ0) is 15.8. The summed E-state index contributed by atoms with van der Waals surface area (Å²) in [5.41, 5.74) is 0. The summed E-state index contributed by atoms with van der Waals surface area (Å²) in [5.74, 6) is 2.68. The standard InChI is InChI=1S/C16H16ClN3O3/c17-12-3-5-13(6-4-12)22-9-14(21)20-7-11(8-20)16-18-15(19-23-16)10-1-2-10/h3-6,10-11H,1-2,7-9H2. The van der Waals surface area contributed by atoms with Crippen molar-refractivity contribution in [3.63, 3.8) is 0 Å². The van der Waals surface area contributed by atoms with Gasteiger partial charge in [-0.1, -0.05) is 16.8 Å². The van der Waals surface area contributed by atoms with Crippen molar-refractivity contribution in [2.75, 3.05) is 19.7 Å². The lowest BCUT2D eigenvalue weighted by Crippen LogP contribution is -2.50. The van der Waals surface area contributed by atoms with Crippen LogP contribution in [0.4, 0.5) is 0 Å². The second-order valence-corrected chi connectivity index (χ2v) is 6.44. The molecule has 1 aromatic carbocycles. The lowest BCUT2D eigenvalue weighted by atomic mass is 10.0. The number of amides is 1. The first-order valence-electron chi connectivity index (χ1n) is 7.68. The van der Waals surface area contributed by atoms with Crippen LogP contribution in [0.25, 0.3) is 0 Å². The quantitative estimate of drug-likeness (QED) is 0.841. The number of ether oxygens (including phenoxy) is 1. The summed E-state index contributed by atoms with van der Waals surface area (Å²) in [5, 5.41) is 4.65. The molecule has 0 spiro atoms. The van der Waals surface area contributed by atoms with Crippen molar-refractivity contribution in [3.8, 4) is 5.75 Å². The van der Waals surface area contributed by atoms with Gasteiger partial charge in [0, 0.05) is 24.0 Å². The van der Waals surface area contributed by atoms with E-state index in [2.05, 4.69) is 10.1 Å². The van der Waals surface area contributed by atoms with Crippen LogP contribution in [0.1, 0.15) is 36.4 Å². The second kappa shape index (κ2) is 5.85. The zero-order valence-corrected chi connectivity index (χ0v) is 13.2. The molecule has 2 aliphatic rings. The molecule has 2 heterocycles. The van der Waals surface area contributed by atoms with Crippen LogP contribution >= 0.6 is 11.6 Å². The number of hydrogen-bond acceptors (Lipinski definition) is 5. The molecule has 1 amide bonds. The molecule has 23 heavy (non-hydrogen) atoms. The van der Waals surface area contributed by atoms with Crippen LogP contribution in [-0.2, 0) is 4.79 Å². The molecule has 4 rings (SSSR count). The Kier molecular flexibility index (Phi) is 3.69. The van der Waals surface area contributed by atoms with E-state index < -0.39 is 0 Å².